The van der Waals surface area contributed by atoms with E-state index in [1.165, 1.54) is 16.7 Å². The minimum absolute atomic E-state index is 0.0566. The highest BCUT2D eigenvalue weighted by molar-refractivity contribution is 5.89. The molecule has 7 heteroatoms. The SMILES string of the molecule is CCCCOc1c(OCC(C)CCC)c(=O)n(CC)c2cc([N+](=O)[O-])ccc12. The summed E-state index contributed by atoms with van der Waals surface area (Å²) < 4.78 is 13.4. The number of aromatic nitrogens is 1. The van der Waals surface area contributed by atoms with Gasteiger partial charge >= 0.3 is 0 Å². The van der Waals surface area contributed by atoms with Crippen LogP contribution in [0.15, 0.2) is 23.0 Å². The summed E-state index contributed by atoms with van der Waals surface area (Å²) in [7, 11) is 0. The molecule has 0 fully saturated rings. The first-order valence-electron chi connectivity index (χ1n) is 10.0. The second-order valence-corrected chi connectivity index (χ2v) is 7.07. The number of hydrogen-bond donors (Lipinski definition) is 0. The number of rotatable bonds is 11. The van der Waals surface area contributed by atoms with Crippen molar-refractivity contribution in [2.24, 2.45) is 5.92 Å². The van der Waals surface area contributed by atoms with Crippen molar-refractivity contribution >= 4 is 16.6 Å². The van der Waals surface area contributed by atoms with Crippen LogP contribution < -0.4 is 15.0 Å². The van der Waals surface area contributed by atoms with Crippen LogP contribution in [-0.4, -0.2) is 22.7 Å². The lowest BCUT2D eigenvalue weighted by molar-refractivity contribution is -0.384. The molecule has 0 spiro atoms. The molecule has 0 saturated carbocycles. The Kier molecular flexibility index (Phi) is 7.84. The number of benzene rings is 1. The van der Waals surface area contributed by atoms with Crippen LogP contribution in [-0.2, 0) is 6.54 Å². The topological polar surface area (TPSA) is 83.6 Å². The third-order valence-corrected chi connectivity index (χ3v) is 4.73. The predicted octanol–water partition coefficient (Wildman–Crippen LogP) is 4.92. The van der Waals surface area contributed by atoms with Crippen molar-refractivity contribution in [2.75, 3.05) is 13.2 Å². The van der Waals surface area contributed by atoms with Crippen LogP contribution in [0.2, 0.25) is 0 Å². The van der Waals surface area contributed by atoms with Crippen molar-refractivity contribution in [3.63, 3.8) is 0 Å². The lowest BCUT2D eigenvalue weighted by Crippen LogP contribution is -2.24. The van der Waals surface area contributed by atoms with Crippen LogP contribution >= 0.6 is 0 Å². The molecule has 0 saturated heterocycles. The third-order valence-electron chi connectivity index (χ3n) is 4.73. The molecule has 28 heavy (non-hydrogen) atoms. The van der Waals surface area contributed by atoms with Gasteiger partial charge in [0.1, 0.15) is 0 Å². The zero-order chi connectivity index (χ0) is 20.7. The lowest BCUT2D eigenvalue weighted by Gasteiger charge is -2.19. The molecular formula is C21H30N2O5. The number of unbranched alkanes of at least 4 members (excludes halogenated alkanes) is 1. The first-order chi connectivity index (χ1) is 13.4. The summed E-state index contributed by atoms with van der Waals surface area (Å²) in [6, 6.07) is 4.50. The Balaban J connectivity index is 2.62. The maximum absolute atomic E-state index is 13.1. The van der Waals surface area contributed by atoms with E-state index in [0.29, 0.717) is 42.3 Å². The van der Waals surface area contributed by atoms with Crippen molar-refractivity contribution in [3.8, 4) is 11.5 Å². The van der Waals surface area contributed by atoms with Gasteiger partial charge in [-0.25, -0.2) is 0 Å². The summed E-state index contributed by atoms with van der Waals surface area (Å²) in [6.45, 7) is 9.36. The molecule has 0 aliphatic rings. The van der Waals surface area contributed by atoms with Crippen molar-refractivity contribution in [2.45, 2.75) is 59.9 Å². The number of nitro groups is 1. The number of non-ortho nitro benzene ring substituents is 1. The summed E-state index contributed by atoms with van der Waals surface area (Å²) in [5, 5.41) is 11.8. The van der Waals surface area contributed by atoms with E-state index in [4.69, 9.17) is 9.47 Å². The van der Waals surface area contributed by atoms with Gasteiger partial charge in [0.25, 0.3) is 11.2 Å². The molecule has 1 aromatic heterocycles. The first kappa shape index (κ1) is 21.7. The molecule has 1 unspecified atom stereocenters. The molecule has 0 aliphatic carbocycles. The summed E-state index contributed by atoms with van der Waals surface area (Å²) >= 11 is 0. The van der Waals surface area contributed by atoms with Gasteiger partial charge in [-0.1, -0.05) is 33.6 Å². The molecule has 0 N–H and O–H groups in total. The van der Waals surface area contributed by atoms with Crippen molar-refractivity contribution < 1.29 is 14.4 Å². The van der Waals surface area contributed by atoms with Gasteiger partial charge in [-0.2, -0.15) is 0 Å². The maximum atomic E-state index is 13.1. The summed E-state index contributed by atoms with van der Waals surface area (Å²) in [4.78, 5) is 23.8. The molecule has 7 nitrogen and oxygen atoms in total. The third kappa shape index (κ3) is 4.82. The summed E-state index contributed by atoms with van der Waals surface area (Å²) in [5.74, 6) is 0.898. The number of ether oxygens (including phenoxy) is 2. The van der Waals surface area contributed by atoms with Gasteiger partial charge in [-0.05, 0) is 31.7 Å². The normalized spacial score (nSPS) is 12.1. The molecular weight excluding hydrogens is 360 g/mol. The summed E-state index contributed by atoms with van der Waals surface area (Å²) in [6.07, 6.45) is 3.86. The van der Waals surface area contributed by atoms with Gasteiger partial charge in [0.2, 0.25) is 5.75 Å². The van der Waals surface area contributed by atoms with Crippen molar-refractivity contribution in [1.29, 1.82) is 0 Å². The quantitative estimate of drug-likeness (QED) is 0.309. The highest BCUT2D eigenvalue weighted by Crippen LogP contribution is 2.35. The highest BCUT2D eigenvalue weighted by atomic mass is 16.6. The van der Waals surface area contributed by atoms with Gasteiger partial charge in [0, 0.05) is 24.1 Å². The number of nitrogens with zero attached hydrogens (tertiary/aromatic N) is 2. The Morgan fingerprint density at radius 2 is 1.89 bits per heavy atom. The van der Waals surface area contributed by atoms with Crippen LogP contribution in [0.5, 0.6) is 11.5 Å². The molecule has 154 valence electrons. The average molecular weight is 390 g/mol. The molecule has 0 aliphatic heterocycles. The van der Waals surface area contributed by atoms with E-state index >= 15 is 0 Å². The largest absolute Gasteiger partial charge is 0.489 e. The zero-order valence-corrected chi connectivity index (χ0v) is 17.2. The van der Waals surface area contributed by atoms with Crippen LogP contribution in [0.4, 0.5) is 5.69 Å². The molecule has 1 heterocycles. The first-order valence-corrected chi connectivity index (χ1v) is 10.0. The molecule has 0 bridgehead atoms. The molecule has 1 aromatic carbocycles. The van der Waals surface area contributed by atoms with Crippen molar-refractivity contribution in [3.05, 3.63) is 38.7 Å². The molecule has 1 atom stereocenters. The van der Waals surface area contributed by atoms with Crippen LogP contribution in [0.1, 0.15) is 53.4 Å². The zero-order valence-electron chi connectivity index (χ0n) is 17.2. The van der Waals surface area contributed by atoms with E-state index in [1.54, 1.807) is 6.07 Å². The van der Waals surface area contributed by atoms with E-state index in [9.17, 15) is 14.9 Å². The van der Waals surface area contributed by atoms with E-state index in [0.717, 1.165) is 25.7 Å². The lowest BCUT2D eigenvalue weighted by atomic mass is 10.1. The number of fused-ring (bicyclic) bond motifs is 1. The van der Waals surface area contributed by atoms with E-state index < -0.39 is 4.92 Å². The smallest absolute Gasteiger partial charge is 0.297 e. The van der Waals surface area contributed by atoms with Crippen LogP contribution in [0, 0.1) is 16.0 Å². The Hall–Kier alpha value is -2.57. The van der Waals surface area contributed by atoms with Crippen molar-refractivity contribution in [1.82, 2.24) is 4.57 Å². The monoisotopic (exact) mass is 390 g/mol. The Labute approximate surface area is 165 Å². The Morgan fingerprint density at radius 1 is 1.14 bits per heavy atom. The fourth-order valence-corrected chi connectivity index (χ4v) is 3.21. The number of nitro benzene ring substituents is 1. The minimum Gasteiger partial charge on any atom is -0.489 e. The maximum Gasteiger partial charge on any atom is 0.297 e. The van der Waals surface area contributed by atoms with E-state index in [-0.39, 0.29) is 17.0 Å². The van der Waals surface area contributed by atoms with Gasteiger partial charge in [0.05, 0.1) is 23.7 Å². The number of hydrogen-bond acceptors (Lipinski definition) is 5. The molecule has 2 rings (SSSR count). The fourth-order valence-electron chi connectivity index (χ4n) is 3.21. The number of pyridine rings is 1. The average Bonchev–Trinajstić information content (AvgIpc) is 2.67. The second-order valence-electron chi connectivity index (χ2n) is 7.07. The minimum atomic E-state index is -0.460. The van der Waals surface area contributed by atoms with Gasteiger partial charge in [0.15, 0.2) is 5.75 Å². The Morgan fingerprint density at radius 3 is 2.50 bits per heavy atom. The predicted molar refractivity (Wildman–Crippen MR) is 111 cm³/mol. The summed E-state index contributed by atoms with van der Waals surface area (Å²) in [5.41, 5.74) is 0.117. The Bertz CT molecular complexity index is 875. The van der Waals surface area contributed by atoms with Gasteiger partial charge < -0.3 is 14.0 Å². The molecule has 2 aromatic rings. The van der Waals surface area contributed by atoms with Gasteiger partial charge in [-0.15, -0.1) is 0 Å². The number of aryl methyl sites for hydroxylation is 1. The molecule has 0 radical (unpaired) electrons. The van der Waals surface area contributed by atoms with E-state index in [1.807, 2.05) is 6.92 Å². The van der Waals surface area contributed by atoms with Gasteiger partial charge in [-0.3, -0.25) is 14.9 Å². The van der Waals surface area contributed by atoms with E-state index in [2.05, 4.69) is 20.8 Å². The second kappa shape index (κ2) is 10.1. The van der Waals surface area contributed by atoms with Crippen LogP contribution in [0.25, 0.3) is 10.9 Å². The standard InChI is InChI=1S/C21H30N2O5/c1-5-8-12-27-19-17-11-10-16(23(25)26)13-18(17)22(7-3)21(24)20(19)28-14-15(4)9-6-2/h10-11,13,15H,5-9,12,14H2,1-4H3. The van der Waals surface area contributed by atoms with Crippen LogP contribution in [0.3, 0.4) is 0 Å². The highest BCUT2D eigenvalue weighted by Gasteiger charge is 2.21. The molecule has 0 amide bonds. The fraction of sp³-hybridized carbons (Fsp3) is 0.571.